The van der Waals surface area contributed by atoms with E-state index in [1.54, 1.807) is 18.7 Å². The summed E-state index contributed by atoms with van der Waals surface area (Å²) in [7, 11) is -0.892. The fourth-order valence-electron chi connectivity index (χ4n) is 4.16. The van der Waals surface area contributed by atoms with Gasteiger partial charge < -0.3 is 14.0 Å². The third-order valence-corrected chi connectivity index (χ3v) is 8.48. The van der Waals surface area contributed by atoms with Crippen molar-refractivity contribution < 1.29 is 32.9 Å². The average Bonchev–Trinajstić information content (AvgIpc) is 3.30. The van der Waals surface area contributed by atoms with Crippen molar-refractivity contribution in [1.29, 1.82) is 0 Å². The zero-order valence-corrected chi connectivity index (χ0v) is 21.7. The molecule has 2 fully saturated rings. The van der Waals surface area contributed by atoms with Gasteiger partial charge in [0, 0.05) is 6.04 Å². The van der Waals surface area contributed by atoms with Crippen LogP contribution in [0.5, 0.6) is 0 Å². The molecule has 5 unspecified atom stereocenters. The molecule has 0 aromatic heterocycles. The van der Waals surface area contributed by atoms with Gasteiger partial charge in [-0.1, -0.05) is 30.3 Å². The molecule has 3 N–H and O–H groups in total. The van der Waals surface area contributed by atoms with Crippen molar-refractivity contribution >= 4 is 25.6 Å². The minimum absolute atomic E-state index is 0.0208. The van der Waals surface area contributed by atoms with Crippen LogP contribution in [-0.4, -0.2) is 68.0 Å². The third-order valence-electron chi connectivity index (χ3n) is 6.73. The van der Waals surface area contributed by atoms with Crippen LogP contribution in [0.15, 0.2) is 30.3 Å². The molecule has 0 saturated carbocycles. The van der Waals surface area contributed by atoms with E-state index >= 15 is 0 Å². The van der Waals surface area contributed by atoms with Crippen LogP contribution in [0, 0.1) is 5.41 Å². The van der Waals surface area contributed by atoms with Crippen molar-refractivity contribution in [2.24, 2.45) is 5.41 Å². The molecular weight excluding hydrogens is 475 g/mol. The number of rotatable bonds is 10. The first-order valence-electron chi connectivity index (χ1n) is 11.6. The van der Waals surface area contributed by atoms with Crippen molar-refractivity contribution in [3.05, 3.63) is 35.9 Å². The molecule has 2 aliphatic heterocycles. The van der Waals surface area contributed by atoms with Crippen LogP contribution in [0.4, 0.5) is 4.79 Å². The Morgan fingerprint density at radius 2 is 1.97 bits per heavy atom. The lowest BCUT2D eigenvalue weighted by molar-refractivity contribution is -0.142. The zero-order valence-electron chi connectivity index (χ0n) is 20.8. The number of imide groups is 1. The number of nitrogens with one attached hydrogen (secondary N) is 3. The Balaban J connectivity index is 1.61. The molecule has 3 rings (SSSR count). The quantitative estimate of drug-likeness (QED) is 0.320. The second-order valence-electron chi connectivity index (χ2n) is 9.32. The third kappa shape index (κ3) is 6.29. The molecule has 0 aliphatic carbocycles. The Bertz CT molecular complexity index is 974. The van der Waals surface area contributed by atoms with Gasteiger partial charge in [-0.15, -0.1) is 0 Å². The summed E-state index contributed by atoms with van der Waals surface area (Å²) in [5.74, 6) is -0.881. The van der Waals surface area contributed by atoms with Gasteiger partial charge in [0.15, 0.2) is 0 Å². The van der Waals surface area contributed by atoms with E-state index < -0.39 is 43.5 Å². The number of hydrogen-bond donors (Lipinski definition) is 3. The van der Waals surface area contributed by atoms with E-state index in [0.29, 0.717) is 12.8 Å². The number of hydrogen-bond acceptors (Lipinski definition) is 7. The molecule has 0 bridgehead atoms. The molecule has 194 valence electrons. The predicted octanol–water partition coefficient (Wildman–Crippen LogP) is 2.18. The monoisotopic (exact) mass is 510 g/mol. The van der Waals surface area contributed by atoms with Gasteiger partial charge in [0.1, 0.15) is 12.3 Å². The predicted molar refractivity (Wildman–Crippen MR) is 128 cm³/mol. The summed E-state index contributed by atoms with van der Waals surface area (Å²) < 4.78 is 30.0. The van der Waals surface area contributed by atoms with E-state index in [1.807, 2.05) is 37.3 Å². The lowest BCUT2D eigenvalue weighted by Gasteiger charge is -2.45. The highest BCUT2D eigenvalue weighted by atomic mass is 31.2. The van der Waals surface area contributed by atoms with Gasteiger partial charge in [0.2, 0.25) is 5.91 Å². The summed E-state index contributed by atoms with van der Waals surface area (Å²) in [6, 6.07) is 7.56. The highest BCUT2D eigenvalue weighted by molar-refractivity contribution is 7.54. The molecule has 2 heterocycles. The van der Waals surface area contributed by atoms with Crippen LogP contribution >= 0.6 is 7.67 Å². The Hall–Kier alpha value is -2.30. The van der Waals surface area contributed by atoms with Crippen molar-refractivity contribution in [3.63, 3.8) is 0 Å². The van der Waals surface area contributed by atoms with Crippen molar-refractivity contribution in [1.82, 2.24) is 20.4 Å². The number of carbonyl (C=O) groups is 3. The molecule has 1 aromatic carbocycles. The fourth-order valence-corrected chi connectivity index (χ4v) is 5.48. The van der Waals surface area contributed by atoms with Crippen molar-refractivity contribution in [3.8, 4) is 0 Å². The Morgan fingerprint density at radius 1 is 1.29 bits per heavy atom. The van der Waals surface area contributed by atoms with E-state index in [4.69, 9.17) is 14.0 Å². The summed E-state index contributed by atoms with van der Waals surface area (Å²) in [6.45, 7) is 5.36. The number of benzene rings is 1. The summed E-state index contributed by atoms with van der Waals surface area (Å²) in [4.78, 5) is 38.6. The van der Waals surface area contributed by atoms with Crippen LogP contribution in [0.25, 0.3) is 0 Å². The molecule has 2 aliphatic rings. The number of amides is 3. The topological polar surface area (TPSA) is 135 Å². The maximum atomic E-state index is 13.3. The highest BCUT2D eigenvalue weighted by Gasteiger charge is 2.49. The lowest BCUT2D eigenvalue weighted by Crippen LogP contribution is -2.65. The first-order valence-corrected chi connectivity index (χ1v) is 13.3. The summed E-state index contributed by atoms with van der Waals surface area (Å²) in [5.41, 5.74) is 0.106. The molecule has 2 saturated heterocycles. The van der Waals surface area contributed by atoms with Gasteiger partial charge in [0.05, 0.1) is 25.2 Å². The second kappa shape index (κ2) is 11.2. The smallest absolute Gasteiger partial charge is 0.341 e. The maximum Gasteiger partial charge on any atom is 0.341 e. The average molecular weight is 511 g/mol. The number of urea groups is 1. The molecule has 0 radical (unpaired) electrons. The summed E-state index contributed by atoms with van der Waals surface area (Å²) in [5, 5.41) is 7.83. The van der Waals surface area contributed by atoms with Gasteiger partial charge in [0.25, 0.3) is 0 Å². The van der Waals surface area contributed by atoms with Crippen LogP contribution in [0.2, 0.25) is 0 Å². The van der Waals surface area contributed by atoms with Crippen LogP contribution in [-0.2, 0) is 34.6 Å². The maximum absolute atomic E-state index is 13.3. The van der Waals surface area contributed by atoms with Gasteiger partial charge >= 0.3 is 19.7 Å². The molecule has 12 heteroatoms. The Kier molecular flexibility index (Phi) is 8.72. The van der Waals surface area contributed by atoms with E-state index in [-0.39, 0.29) is 25.0 Å². The molecule has 1 aromatic rings. The number of carbonyl (C=O) groups excluding carboxylic acids is 3. The molecular formula is C23H35N4O7P. The first kappa shape index (κ1) is 27.3. The van der Waals surface area contributed by atoms with Crippen molar-refractivity contribution in [2.75, 3.05) is 20.8 Å². The van der Waals surface area contributed by atoms with E-state index in [1.165, 1.54) is 14.2 Å². The number of esters is 1. The number of ether oxygens (including phenoxy) is 2. The van der Waals surface area contributed by atoms with E-state index in [2.05, 4.69) is 15.5 Å². The van der Waals surface area contributed by atoms with Gasteiger partial charge in [-0.25, -0.2) is 15.0 Å². The minimum Gasteiger partial charge on any atom is -0.468 e. The van der Waals surface area contributed by atoms with E-state index in [0.717, 1.165) is 5.56 Å². The normalized spacial score (nSPS) is 26.7. The molecule has 35 heavy (non-hydrogen) atoms. The zero-order chi connectivity index (χ0) is 25.8. The number of methoxy groups -OCH3 is 1. The second-order valence-corrected chi connectivity index (χ2v) is 11.4. The van der Waals surface area contributed by atoms with Gasteiger partial charge in [-0.05, 0) is 52.6 Å². The molecule has 5 atom stereocenters. The first-order chi connectivity index (χ1) is 16.5. The standard InChI is InChI=1S/C23H35N4O7P/c1-15-23(2,3)21(29)25-22(30)27(15)19-12-11-17(34-19)14-33-35(31,24-4)26-18(20(28)32-5)13-16-9-7-6-8-10-16/h6-10,15,17-19H,11-14H2,1-5H3,(H2,24,26,31)(H,25,29,30). The SMILES string of the molecule is CNP(=O)(NC(Cc1ccccc1)C(=O)OC)OCC1CCC(N2C(=O)NC(=O)C(C)(C)C2C)O1. The van der Waals surface area contributed by atoms with Crippen molar-refractivity contribution in [2.45, 2.75) is 64.4 Å². The lowest BCUT2D eigenvalue weighted by atomic mass is 9.81. The summed E-state index contributed by atoms with van der Waals surface area (Å²) >= 11 is 0. The van der Waals surface area contributed by atoms with Crippen LogP contribution in [0.1, 0.15) is 39.2 Å². The fraction of sp³-hybridized carbons (Fsp3) is 0.609. The molecule has 0 spiro atoms. The highest BCUT2D eigenvalue weighted by Crippen LogP contribution is 2.40. The van der Waals surface area contributed by atoms with E-state index in [9.17, 15) is 18.9 Å². The van der Waals surface area contributed by atoms with Gasteiger partial charge in [-0.3, -0.25) is 24.4 Å². The minimum atomic E-state index is -3.64. The Labute approximate surface area is 205 Å². The van der Waals surface area contributed by atoms with Crippen LogP contribution in [0.3, 0.4) is 0 Å². The van der Waals surface area contributed by atoms with Gasteiger partial charge in [-0.2, -0.15) is 0 Å². The molecule has 3 amide bonds. The number of nitrogens with zero attached hydrogens (tertiary/aromatic N) is 1. The molecule has 11 nitrogen and oxygen atoms in total. The van der Waals surface area contributed by atoms with Crippen LogP contribution < -0.4 is 15.5 Å². The largest absolute Gasteiger partial charge is 0.468 e. The Morgan fingerprint density at radius 3 is 2.60 bits per heavy atom. The summed E-state index contributed by atoms with van der Waals surface area (Å²) in [6.07, 6.45) is 0.431.